The van der Waals surface area contributed by atoms with Crippen LogP contribution >= 0.6 is 0 Å². The third kappa shape index (κ3) is 5.14. The number of aryl methyl sites for hydroxylation is 2. The minimum atomic E-state index is -0.237. The Hall–Kier alpha value is -2.71. The second-order valence-electron chi connectivity index (χ2n) is 7.67. The number of aliphatic hydroxyl groups is 1. The number of H-pyrrole nitrogens is 1. The monoisotopic (exact) mass is 429 g/mol. The lowest BCUT2D eigenvalue weighted by molar-refractivity contribution is 0.237. The number of nitrogens with one attached hydrogen (secondary N) is 2. The molecule has 0 fully saturated rings. The van der Waals surface area contributed by atoms with Gasteiger partial charge in [0.05, 0.1) is 30.5 Å². The van der Waals surface area contributed by atoms with Crippen molar-refractivity contribution in [3.05, 3.63) is 45.6 Å². The molecule has 0 bridgehead atoms. The Labute approximate surface area is 183 Å². The van der Waals surface area contributed by atoms with Crippen molar-refractivity contribution in [3.8, 4) is 17.1 Å². The number of imidazole rings is 1. The molecule has 0 spiro atoms. The first kappa shape index (κ1) is 24.6. The number of fused-ring (bicyclic) bond motifs is 1. The van der Waals surface area contributed by atoms with Crippen molar-refractivity contribution in [1.82, 2.24) is 24.9 Å². The highest BCUT2D eigenvalue weighted by Crippen LogP contribution is 2.31. The molecule has 8 nitrogen and oxygen atoms in total. The molecule has 8 heteroatoms. The summed E-state index contributed by atoms with van der Waals surface area (Å²) in [6.07, 6.45) is 1.63. The fraction of sp³-hybridized carbons (Fsp3) is 0.522. The molecule has 2 aromatic heterocycles. The molecule has 3 rings (SSSR count). The third-order valence-corrected chi connectivity index (χ3v) is 4.89. The van der Waals surface area contributed by atoms with Gasteiger partial charge in [0.2, 0.25) is 0 Å². The Bertz CT molecular complexity index is 1070. The van der Waals surface area contributed by atoms with Gasteiger partial charge in [-0.15, -0.1) is 5.10 Å². The Kier molecular flexibility index (Phi) is 8.36. The maximum atomic E-state index is 12.9. The van der Waals surface area contributed by atoms with Crippen LogP contribution in [-0.2, 0) is 6.42 Å². The van der Waals surface area contributed by atoms with E-state index in [9.17, 15) is 9.90 Å². The topological polar surface area (TPSA) is 105 Å². The first-order chi connectivity index (χ1) is 14.4. The number of rotatable bonds is 9. The Morgan fingerprint density at radius 1 is 1.29 bits per heavy atom. The van der Waals surface area contributed by atoms with E-state index < -0.39 is 0 Å². The molecule has 2 heterocycles. The van der Waals surface area contributed by atoms with Gasteiger partial charge < -0.3 is 20.1 Å². The molecule has 0 amide bonds. The Balaban J connectivity index is 0.00000341. The van der Waals surface area contributed by atoms with Gasteiger partial charge in [0, 0.05) is 12.5 Å². The van der Waals surface area contributed by atoms with Crippen molar-refractivity contribution in [2.45, 2.75) is 67.0 Å². The molecule has 0 saturated carbocycles. The fourth-order valence-corrected chi connectivity index (χ4v) is 3.63. The summed E-state index contributed by atoms with van der Waals surface area (Å²) >= 11 is 0. The van der Waals surface area contributed by atoms with E-state index in [1.54, 1.807) is 4.52 Å². The van der Waals surface area contributed by atoms with Crippen LogP contribution in [0.2, 0.25) is 0 Å². The van der Waals surface area contributed by atoms with Gasteiger partial charge in [-0.05, 0) is 38.0 Å². The van der Waals surface area contributed by atoms with Gasteiger partial charge in [0.1, 0.15) is 11.6 Å². The number of aromatic nitrogens is 4. The van der Waals surface area contributed by atoms with Crippen molar-refractivity contribution < 1.29 is 9.84 Å². The lowest BCUT2D eigenvalue weighted by atomic mass is 10.0. The van der Waals surface area contributed by atoms with Gasteiger partial charge in [-0.3, -0.25) is 4.79 Å². The average molecular weight is 430 g/mol. The third-order valence-electron chi connectivity index (χ3n) is 4.89. The minimum Gasteiger partial charge on any atom is -0.493 e. The van der Waals surface area contributed by atoms with Crippen molar-refractivity contribution >= 4 is 5.52 Å². The SMILES string of the molecule is C.CCCc1nc(C)c2c(=O)[nH]c(-c3cc(C(CO)NC(C)C)ccc3OCC)nn12. The second kappa shape index (κ2) is 10.5. The van der Waals surface area contributed by atoms with Crippen molar-refractivity contribution in [2.75, 3.05) is 13.2 Å². The van der Waals surface area contributed by atoms with Gasteiger partial charge in [-0.1, -0.05) is 34.3 Å². The van der Waals surface area contributed by atoms with Crippen LogP contribution in [0.5, 0.6) is 5.75 Å². The first-order valence-electron chi connectivity index (χ1n) is 10.5. The van der Waals surface area contributed by atoms with Crippen molar-refractivity contribution in [1.29, 1.82) is 0 Å². The Morgan fingerprint density at radius 2 is 2.03 bits per heavy atom. The summed E-state index contributed by atoms with van der Waals surface area (Å²) in [6.45, 7) is 10.3. The largest absolute Gasteiger partial charge is 0.493 e. The highest BCUT2D eigenvalue weighted by Gasteiger charge is 2.19. The predicted molar refractivity (Wildman–Crippen MR) is 124 cm³/mol. The molecule has 31 heavy (non-hydrogen) atoms. The molecule has 1 aromatic carbocycles. The summed E-state index contributed by atoms with van der Waals surface area (Å²) in [7, 11) is 0. The quantitative estimate of drug-likeness (QED) is 0.481. The molecule has 170 valence electrons. The summed E-state index contributed by atoms with van der Waals surface area (Å²) in [6, 6.07) is 5.66. The highest BCUT2D eigenvalue weighted by molar-refractivity contribution is 5.66. The lowest BCUT2D eigenvalue weighted by Crippen LogP contribution is -2.30. The van der Waals surface area contributed by atoms with E-state index in [0.29, 0.717) is 35.0 Å². The van der Waals surface area contributed by atoms with E-state index in [0.717, 1.165) is 24.2 Å². The van der Waals surface area contributed by atoms with Gasteiger partial charge in [0.25, 0.3) is 5.56 Å². The van der Waals surface area contributed by atoms with Crippen LogP contribution in [0.25, 0.3) is 16.9 Å². The normalized spacial score (nSPS) is 12.2. The summed E-state index contributed by atoms with van der Waals surface area (Å²) < 4.78 is 7.45. The molecule has 1 unspecified atom stereocenters. The summed E-state index contributed by atoms with van der Waals surface area (Å²) in [4.78, 5) is 20.3. The molecular weight excluding hydrogens is 394 g/mol. The predicted octanol–water partition coefficient (Wildman–Crippen LogP) is 3.41. The molecule has 0 aliphatic heterocycles. The van der Waals surface area contributed by atoms with Crippen LogP contribution in [0, 0.1) is 6.92 Å². The zero-order chi connectivity index (χ0) is 21.8. The first-order valence-corrected chi connectivity index (χ1v) is 10.5. The van der Waals surface area contributed by atoms with E-state index in [1.165, 1.54) is 0 Å². The number of aromatic amines is 1. The van der Waals surface area contributed by atoms with E-state index in [1.807, 2.05) is 45.9 Å². The van der Waals surface area contributed by atoms with Crippen LogP contribution in [0.15, 0.2) is 23.0 Å². The molecule has 3 aromatic rings. The maximum absolute atomic E-state index is 12.9. The molecule has 1 atom stereocenters. The summed E-state index contributed by atoms with van der Waals surface area (Å²) in [5.74, 6) is 1.80. The van der Waals surface area contributed by atoms with E-state index in [4.69, 9.17) is 9.84 Å². The molecule has 0 aliphatic rings. The second-order valence-corrected chi connectivity index (χ2v) is 7.67. The molecule has 0 saturated heterocycles. The number of hydrogen-bond donors (Lipinski definition) is 3. The number of nitrogens with zero attached hydrogens (tertiary/aromatic N) is 3. The van der Waals surface area contributed by atoms with Crippen molar-refractivity contribution in [2.24, 2.45) is 0 Å². The molecular formula is C23H35N5O3. The Morgan fingerprint density at radius 3 is 2.65 bits per heavy atom. The van der Waals surface area contributed by atoms with Crippen LogP contribution in [0.1, 0.15) is 64.7 Å². The minimum absolute atomic E-state index is 0. The zero-order valence-electron chi connectivity index (χ0n) is 18.3. The fourth-order valence-electron chi connectivity index (χ4n) is 3.63. The van der Waals surface area contributed by atoms with Crippen LogP contribution in [0.4, 0.5) is 0 Å². The van der Waals surface area contributed by atoms with E-state index in [-0.39, 0.29) is 31.7 Å². The van der Waals surface area contributed by atoms with Gasteiger partial charge in [-0.2, -0.15) is 0 Å². The van der Waals surface area contributed by atoms with Crippen molar-refractivity contribution in [3.63, 3.8) is 0 Å². The van der Waals surface area contributed by atoms with Gasteiger partial charge in [-0.25, -0.2) is 9.50 Å². The molecule has 0 aliphatic carbocycles. The highest BCUT2D eigenvalue weighted by atomic mass is 16.5. The number of ether oxygens (including phenoxy) is 1. The molecule has 3 N–H and O–H groups in total. The maximum Gasteiger partial charge on any atom is 0.277 e. The number of benzene rings is 1. The van der Waals surface area contributed by atoms with Crippen LogP contribution in [-0.4, -0.2) is 43.9 Å². The number of hydrogen-bond acceptors (Lipinski definition) is 6. The van der Waals surface area contributed by atoms with Crippen LogP contribution < -0.4 is 15.6 Å². The smallest absolute Gasteiger partial charge is 0.277 e. The number of aliphatic hydroxyl groups excluding tert-OH is 1. The van der Waals surface area contributed by atoms with E-state index in [2.05, 4.69) is 22.2 Å². The lowest BCUT2D eigenvalue weighted by Gasteiger charge is -2.21. The molecule has 0 radical (unpaired) electrons. The summed E-state index contributed by atoms with van der Waals surface area (Å²) in [5.41, 5.74) is 2.46. The van der Waals surface area contributed by atoms with E-state index >= 15 is 0 Å². The standard InChI is InChI=1S/C22H31N5O3.CH4/c1-6-8-19-24-14(5)20-22(29)25-21(26-27(19)20)16-11-15(9-10-18(16)30-7-2)17(12-28)23-13(3)4;/h9-11,13,17,23,28H,6-8,12H2,1-5H3,(H,25,26,29);1H4. The van der Waals surface area contributed by atoms with Gasteiger partial charge >= 0.3 is 0 Å². The van der Waals surface area contributed by atoms with Gasteiger partial charge in [0.15, 0.2) is 11.3 Å². The zero-order valence-corrected chi connectivity index (χ0v) is 18.3. The van der Waals surface area contributed by atoms with Crippen LogP contribution in [0.3, 0.4) is 0 Å². The summed E-state index contributed by atoms with van der Waals surface area (Å²) in [5, 5.41) is 17.9. The average Bonchev–Trinajstić information content (AvgIpc) is 3.02.